The average molecular weight is 288 g/mol. The Morgan fingerprint density at radius 2 is 1.85 bits per heavy atom. The van der Waals surface area contributed by atoms with Crippen LogP contribution in [0.1, 0.15) is 47.5 Å². The van der Waals surface area contributed by atoms with Gasteiger partial charge in [-0.3, -0.25) is 9.59 Å². The molecule has 0 saturated carbocycles. The highest BCUT2D eigenvalue weighted by atomic mass is 16.6. The average Bonchev–Trinajstić information content (AvgIpc) is 2.35. The van der Waals surface area contributed by atoms with Gasteiger partial charge in [-0.25, -0.2) is 0 Å². The molecule has 0 unspecified atom stereocenters. The summed E-state index contributed by atoms with van der Waals surface area (Å²) in [6, 6.07) is 0. The zero-order valence-corrected chi connectivity index (χ0v) is 12.8. The maximum absolute atomic E-state index is 11.2. The van der Waals surface area contributed by atoms with Gasteiger partial charge in [0.15, 0.2) is 0 Å². The predicted octanol–water partition coefficient (Wildman–Crippen LogP) is 1.19. The number of esters is 2. The zero-order chi connectivity index (χ0) is 15.6. The summed E-state index contributed by atoms with van der Waals surface area (Å²) in [5.74, 6) is -0.812. The quantitative estimate of drug-likeness (QED) is 0.786. The van der Waals surface area contributed by atoms with Crippen LogP contribution in [0.15, 0.2) is 0 Å². The monoisotopic (exact) mass is 288 g/mol. The molecule has 20 heavy (non-hydrogen) atoms. The largest absolute Gasteiger partial charge is 0.463 e. The predicted molar refractivity (Wildman–Crippen MR) is 71.0 cm³/mol. The number of ether oxygens (including phenoxy) is 3. The minimum atomic E-state index is -1.15. The molecule has 1 N–H and O–H groups in total. The molecule has 116 valence electrons. The van der Waals surface area contributed by atoms with Gasteiger partial charge in [0.2, 0.25) is 0 Å². The fraction of sp³-hybridized carbons (Fsp3) is 0.857. The van der Waals surface area contributed by atoms with E-state index in [4.69, 9.17) is 14.2 Å². The summed E-state index contributed by atoms with van der Waals surface area (Å²) in [5, 5.41) is 10.5. The Kier molecular flexibility index (Phi) is 5.15. The Morgan fingerprint density at radius 1 is 1.25 bits per heavy atom. The summed E-state index contributed by atoms with van der Waals surface area (Å²) in [6.45, 7) is 7.84. The fourth-order valence-electron chi connectivity index (χ4n) is 2.31. The van der Waals surface area contributed by atoms with E-state index >= 15 is 0 Å². The SMILES string of the molecule is CC(=O)OC[C@H]1OC(C)(C)[C@H](OC(C)=O)CC[C@]1(C)O. The van der Waals surface area contributed by atoms with Crippen LogP contribution in [0.4, 0.5) is 0 Å². The van der Waals surface area contributed by atoms with Gasteiger partial charge in [-0.1, -0.05) is 0 Å². The summed E-state index contributed by atoms with van der Waals surface area (Å²) in [5.41, 5.74) is -1.92. The van der Waals surface area contributed by atoms with Crippen LogP contribution in [0.5, 0.6) is 0 Å². The molecule has 0 aromatic heterocycles. The summed E-state index contributed by atoms with van der Waals surface area (Å²) < 4.78 is 16.1. The smallest absolute Gasteiger partial charge is 0.303 e. The van der Waals surface area contributed by atoms with Gasteiger partial charge in [0.1, 0.15) is 24.4 Å². The van der Waals surface area contributed by atoms with E-state index in [1.54, 1.807) is 20.8 Å². The Morgan fingerprint density at radius 3 is 2.35 bits per heavy atom. The number of hydrogen-bond donors (Lipinski definition) is 1. The van der Waals surface area contributed by atoms with Crippen LogP contribution >= 0.6 is 0 Å². The Labute approximate surface area is 119 Å². The molecule has 1 rings (SSSR count). The molecule has 0 aromatic carbocycles. The number of aliphatic hydroxyl groups is 1. The molecular formula is C14H24O6. The number of carbonyl (C=O) groups excluding carboxylic acids is 2. The summed E-state index contributed by atoms with van der Waals surface area (Å²) in [6.07, 6.45) is -0.244. The molecule has 1 fully saturated rings. The van der Waals surface area contributed by atoms with Crippen LogP contribution < -0.4 is 0 Å². The molecule has 1 saturated heterocycles. The van der Waals surface area contributed by atoms with E-state index in [0.717, 1.165) is 0 Å². The van der Waals surface area contributed by atoms with Gasteiger partial charge in [0, 0.05) is 13.8 Å². The van der Waals surface area contributed by atoms with Crippen molar-refractivity contribution in [2.75, 3.05) is 6.61 Å². The highest BCUT2D eigenvalue weighted by Gasteiger charge is 2.46. The third kappa shape index (κ3) is 4.45. The minimum Gasteiger partial charge on any atom is -0.463 e. The van der Waals surface area contributed by atoms with Crippen molar-refractivity contribution < 1.29 is 28.9 Å². The second-order valence-corrected chi connectivity index (χ2v) is 6.01. The maximum Gasteiger partial charge on any atom is 0.303 e. The van der Waals surface area contributed by atoms with Crippen LogP contribution in [0, 0.1) is 0 Å². The molecule has 0 aliphatic carbocycles. The second kappa shape index (κ2) is 6.10. The molecule has 0 amide bonds. The van der Waals surface area contributed by atoms with E-state index in [2.05, 4.69) is 0 Å². The lowest BCUT2D eigenvalue weighted by Gasteiger charge is -2.36. The molecule has 6 nitrogen and oxygen atoms in total. The molecule has 0 bridgehead atoms. The highest BCUT2D eigenvalue weighted by Crippen LogP contribution is 2.35. The lowest BCUT2D eigenvalue weighted by atomic mass is 9.91. The van der Waals surface area contributed by atoms with Gasteiger partial charge < -0.3 is 19.3 Å². The first-order chi connectivity index (χ1) is 9.04. The van der Waals surface area contributed by atoms with Crippen molar-refractivity contribution in [3.05, 3.63) is 0 Å². The third-order valence-corrected chi connectivity index (χ3v) is 3.57. The van der Waals surface area contributed by atoms with Gasteiger partial charge >= 0.3 is 11.9 Å². The Balaban J connectivity index is 2.87. The Bertz CT molecular complexity index is 374. The van der Waals surface area contributed by atoms with Crippen LogP contribution in [0.3, 0.4) is 0 Å². The first-order valence-corrected chi connectivity index (χ1v) is 6.75. The van der Waals surface area contributed by atoms with E-state index in [-0.39, 0.29) is 12.6 Å². The topological polar surface area (TPSA) is 82.1 Å². The molecule has 0 aromatic rings. The number of rotatable bonds is 3. The number of hydrogen-bond acceptors (Lipinski definition) is 6. The summed E-state index contributed by atoms with van der Waals surface area (Å²) >= 11 is 0. The van der Waals surface area contributed by atoms with Crippen molar-refractivity contribution in [2.24, 2.45) is 0 Å². The summed E-state index contributed by atoms with van der Waals surface area (Å²) in [4.78, 5) is 22.1. The van der Waals surface area contributed by atoms with Crippen molar-refractivity contribution in [1.82, 2.24) is 0 Å². The van der Waals surface area contributed by atoms with E-state index in [1.807, 2.05) is 0 Å². The van der Waals surface area contributed by atoms with Crippen molar-refractivity contribution in [3.63, 3.8) is 0 Å². The molecule has 1 aliphatic heterocycles. The van der Waals surface area contributed by atoms with Gasteiger partial charge in [-0.05, 0) is 33.6 Å². The van der Waals surface area contributed by atoms with Crippen LogP contribution in [0.2, 0.25) is 0 Å². The van der Waals surface area contributed by atoms with Crippen molar-refractivity contribution >= 4 is 11.9 Å². The lowest BCUT2D eigenvalue weighted by molar-refractivity contribution is -0.197. The van der Waals surface area contributed by atoms with Crippen molar-refractivity contribution in [1.29, 1.82) is 0 Å². The van der Waals surface area contributed by atoms with Gasteiger partial charge in [0.25, 0.3) is 0 Å². The van der Waals surface area contributed by atoms with Crippen molar-refractivity contribution in [3.8, 4) is 0 Å². The first-order valence-electron chi connectivity index (χ1n) is 6.75. The second-order valence-electron chi connectivity index (χ2n) is 6.01. The molecule has 6 heteroatoms. The maximum atomic E-state index is 11.2. The molecule has 1 aliphatic rings. The fourth-order valence-corrected chi connectivity index (χ4v) is 2.31. The van der Waals surface area contributed by atoms with E-state index in [9.17, 15) is 14.7 Å². The summed E-state index contributed by atoms with van der Waals surface area (Å²) in [7, 11) is 0. The van der Waals surface area contributed by atoms with E-state index in [1.165, 1.54) is 13.8 Å². The molecule has 3 atom stereocenters. The molecule has 0 radical (unpaired) electrons. The van der Waals surface area contributed by atoms with Gasteiger partial charge in [-0.15, -0.1) is 0 Å². The normalized spacial score (nSPS) is 33.1. The molecule has 1 heterocycles. The van der Waals surface area contributed by atoms with E-state index in [0.29, 0.717) is 12.8 Å². The third-order valence-electron chi connectivity index (χ3n) is 3.57. The van der Waals surface area contributed by atoms with Gasteiger partial charge in [0.05, 0.1) is 5.60 Å². The van der Waals surface area contributed by atoms with Gasteiger partial charge in [-0.2, -0.15) is 0 Å². The molecule has 0 spiro atoms. The lowest BCUT2D eigenvalue weighted by Crippen LogP contribution is -2.48. The standard InChI is InChI=1S/C14H24O6/c1-9(15)18-8-12-14(5,17)7-6-11(19-10(2)16)13(3,4)20-12/h11-12,17H,6-8H2,1-5H3/t11-,12-,14+/m1/s1. The van der Waals surface area contributed by atoms with Crippen molar-refractivity contribution in [2.45, 2.75) is 70.9 Å². The van der Waals surface area contributed by atoms with Crippen LogP contribution in [-0.2, 0) is 23.8 Å². The minimum absolute atomic E-state index is 0.0292. The Hall–Kier alpha value is -1.14. The highest BCUT2D eigenvalue weighted by molar-refractivity contribution is 5.66. The zero-order valence-electron chi connectivity index (χ0n) is 12.8. The molecular weight excluding hydrogens is 264 g/mol. The van der Waals surface area contributed by atoms with Crippen LogP contribution in [-0.4, -0.2) is 47.1 Å². The van der Waals surface area contributed by atoms with Crippen LogP contribution in [0.25, 0.3) is 0 Å². The number of carbonyl (C=O) groups is 2. The van der Waals surface area contributed by atoms with E-state index < -0.39 is 29.4 Å². The first kappa shape index (κ1) is 16.9.